The second kappa shape index (κ2) is 7.06. The van der Waals surface area contributed by atoms with E-state index < -0.39 is 6.09 Å². The lowest BCUT2D eigenvalue weighted by molar-refractivity contribution is 0.167. The van der Waals surface area contributed by atoms with Crippen molar-refractivity contribution >= 4 is 41.2 Å². The molecule has 0 bridgehead atoms. The van der Waals surface area contributed by atoms with E-state index in [1.807, 2.05) is 0 Å². The summed E-state index contributed by atoms with van der Waals surface area (Å²) in [6, 6.07) is 10.1. The molecule has 0 unspecified atom stereocenters. The fraction of sp³-hybridized carbons (Fsp3) is 0. The third-order valence-corrected chi connectivity index (χ3v) is 3.11. The van der Waals surface area contributed by atoms with E-state index in [0.29, 0.717) is 21.3 Å². The number of hydrogen-bond donors (Lipinski definition) is 1. The van der Waals surface area contributed by atoms with Crippen LogP contribution in [0.25, 0.3) is 0 Å². The average molecular weight is 327 g/mol. The molecule has 0 aliphatic rings. The highest BCUT2D eigenvalue weighted by Crippen LogP contribution is 2.24. The van der Waals surface area contributed by atoms with Crippen molar-refractivity contribution in [2.24, 2.45) is 5.16 Å². The maximum absolute atomic E-state index is 12.7. The van der Waals surface area contributed by atoms with Crippen molar-refractivity contribution in [2.45, 2.75) is 0 Å². The van der Waals surface area contributed by atoms with Gasteiger partial charge in [-0.1, -0.05) is 40.5 Å². The van der Waals surface area contributed by atoms with Gasteiger partial charge < -0.3 is 0 Å². The molecule has 1 N–H and O–H groups in total. The molecule has 21 heavy (non-hydrogen) atoms. The van der Waals surface area contributed by atoms with Gasteiger partial charge >= 0.3 is 6.09 Å². The first-order valence-electron chi connectivity index (χ1n) is 5.76. The highest BCUT2D eigenvalue weighted by Gasteiger charge is 2.04. The molecule has 0 saturated heterocycles. The molecule has 4 nitrogen and oxygen atoms in total. The topological polar surface area (TPSA) is 50.7 Å². The van der Waals surface area contributed by atoms with Gasteiger partial charge in [-0.25, -0.2) is 9.18 Å². The van der Waals surface area contributed by atoms with Crippen molar-refractivity contribution in [3.8, 4) is 0 Å². The summed E-state index contributed by atoms with van der Waals surface area (Å²) in [6.45, 7) is 0. The highest BCUT2D eigenvalue weighted by atomic mass is 35.5. The van der Waals surface area contributed by atoms with Crippen molar-refractivity contribution < 1.29 is 14.0 Å². The quantitative estimate of drug-likeness (QED) is 0.504. The zero-order valence-electron chi connectivity index (χ0n) is 10.5. The fourth-order valence-electron chi connectivity index (χ4n) is 1.40. The number of carbonyl (C=O) groups excluding carboxylic acids is 1. The largest absolute Gasteiger partial charge is 0.437 e. The monoisotopic (exact) mass is 326 g/mol. The van der Waals surface area contributed by atoms with Crippen molar-refractivity contribution in [2.75, 3.05) is 5.32 Å². The van der Waals surface area contributed by atoms with Gasteiger partial charge in [0.15, 0.2) is 0 Å². The average Bonchev–Trinajstić information content (AvgIpc) is 2.45. The highest BCUT2D eigenvalue weighted by molar-refractivity contribution is 6.42. The van der Waals surface area contributed by atoms with Crippen molar-refractivity contribution in [1.82, 2.24) is 0 Å². The van der Waals surface area contributed by atoms with E-state index >= 15 is 0 Å². The molecule has 0 fully saturated rings. The summed E-state index contributed by atoms with van der Waals surface area (Å²) in [5.74, 6) is -0.356. The maximum Gasteiger partial charge on any atom is 0.437 e. The molecule has 0 aromatic heterocycles. The van der Waals surface area contributed by atoms with Crippen LogP contribution < -0.4 is 5.32 Å². The van der Waals surface area contributed by atoms with E-state index in [4.69, 9.17) is 23.2 Å². The van der Waals surface area contributed by atoms with Gasteiger partial charge in [0, 0.05) is 5.69 Å². The number of benzene rings is 2. The van der Waals surface area contributed by atoms with Gasteiger partial charge in [0.2, 0.25) is 0 Å². The zero-order valence-corrected chi connectivity index (χ0v) is 12.0. The van der Waals surface area contributed by atoms with E-state index in [1.165, 1.54) is 36.5 Å². The van der Waals surface area contributed by atoms with Gasteiger partial charge in [-0.3, -0.25) is 10.2 Å². The van der Waals surface area contributed by atoms with Crippen LogP contribution >= 0.6 is 23.2 Å². The Balaban J connectivity index is 1.89. The molecule has 0 atom stereocenters. The number of halogens is 3. The maximum atomic E-state index is 12.7. The van der Waals surface area contributed by atoms with E-state index in [2.05, 4.69) is 15.3 Å². The summed E-state index contributed by atoms with van der Waals surface area (Å²) < 4.78 is 12.7. The summed E-state index contributed by atoms with van der Waals surface area (Å²) in [4.78, 5) is 16.1. The smallest absolute Gasteiger partial charge is 0.298 e. The van der Waals surface area contributed by atoms with Crippen LogP contribution in [-0.4, -0.2) is 12.3 Å². The zero-order chi connectivity index (χ0) is 15.2. The molecule has 0 aliphatic heterocycles. The minimum Gasteiger partial charge on any atom is -0.298 e. The molecule has 2 aromatic rings. The number of nitrogens with zero attached hydrogens (tertiary/aromatic N) is 1. The molecule has 0 heterocycles. The summed E-state index contributed by atoms with van der Waals surface area (Å²) >= 11 is 11.6. The summed E-state index contributed by atoms with van der Waals surface area (Å²) in [7, 11) is 0. The van der Waals surface area contributed by atoms with Gasteiger partial charge in [-0.05, 0) is 35.9 Å². The number of anilines is 1. The summed E-state index contributed by atoms with van der Waals surface area (Å²) in [5.41, 5.74) is 1.02. The molecule has 0 spiro atoms. The molecular formula is C14H9Cl2FN2O2. The van der Waals surface area contributed by atoms with Crippen molar-refractivity contribution in [3.63, 3.8) is 0 Å². The molecule has 7 heteroatoms. The van der Waals surface area contributed by atoms with Gasteiger partial charge in [-0.2, -0.15) is 0 Å². The number of hydrogen-bond acceptors (Lipinski definition) is 3. The van der Waals surface area contributed by atoms with Crippen LogP contribution in [0, 0.1) is 5.82 Å². The van der Waals surface area contributed by atoms with E-state index in [9.17, 15) is 9.18 Å². The third-order valence-electron chi connectivity index (χ3n) is 2.37. The number of rotatable bonds is 3. The second-order valence-electron chi connectivity index (χ2n) is 3.92. The predicted molar refractivity (Wildman–Crippen MR) is 80.6 cm³/mol. The minimum atomic E-state index is -0.785. The Morgan fingerprint density at radius 3 is 2.52 bits per heavy atom. The molecular weight excluding hydrogens is 318 g/mol. The number of carbonyl (C=O) groups is 1. The lowest BCUT2D eigenvalue weighted by atomic mass is 10.2. The Kier molecular flexibility index (Phi) is 5.14. The van der Waals surface area contributed by atoms with Gasteiger partial charge in [0.1, 0.15) is 5.82 Å². The Labute approximate surface area is 130 Å². The van der Waals surface area contributed by atoms with Crippen LogP contribution in [-0.2, 0) is 4.84 Å². The van der Waals surface area contributed by atoms with E-state index in [0.717, 1.165) is 0 Å². The van der Waals surface area contributed by atoms with Crippen LogP contribution in [0.1, 0.15) is 5.56 Å². The van der Waals surface area contributed by atoms with Crippen LogP contribution in [0.5, 0.6) is 0 Å². The SMILES string of the molecule is O=C(Nc1ccc(Cl)c(Cl)c1)O/N=C\c1ccc(F)cc1. The van der Waals surface area contributed by atoms with Crippen LogP contribution in [0.15, 0.2) is 47.6 Å². The Bertz CT molecular complexity index is 675. The lowest BCUT2D eigenvalue weighted by Crippen LogP contribution is -2.10. The minimum absolute atomic E-state index is 0.310. The number of nitrogens with one attached hydrogen (secondary N) is 1. The van der Waals surface area contributed by atoms with Gasteiger partial charge in [0.05, 0.1) is 16.3 Å². The molecule has 1 amide bonds. The Hall–Kier alpha value is -2.11. The molecule has 108 valence electrons. The first-order valence-corrected chi connectivity index (χ1v) is 6.52. The van der Waals surface area contributed by atoms with E-state index in [-0.39, 0.29) is 5.82 Å². The second-order valence-corrected chi connectivity index (χ2v) is 4.73. The fourth-order valence-corrected chi connectivity index (χ4v) is 1.70. The van der Waals surface area contributed by atoms with Crippen LogP contribution in [0.3, 0.4) is 0 Å². The van der Waals surface area contributed by atoms with Crippen LogP contribution in [0.2, 0.25) is 10.0 Å². The predicted octanol–water partition coefficient (Wildman–Crippen LogP) is 4.72. The molecule has 0 saturated carbocycles. The third kappa shape index (κ3) is 4.73. The van der Waals surface area contributed by atoms with Gasteiger partial charge in [0.25, 0.3) is 0 Å². The molecule has 2 rings (SSSR count). The van der Waals surface area contributed by atoms with Crippen LogP contribution in [0.4, 0.5) is 14.9 Å². The lowest BCUT2D eigenvalue weighted by Gasteiger charge is -2.03. The normalized spacial score (nSPS) is 10.6. The Morgan fingerprint density at radius 2 is 1.86 bits per heavy atom. The van der Waals surface area contributed by atoms with Crippen molar-refractivity contribution in [3.05, 3.63) is 63.9 Å². The first-order chi connectivity index (χ1) is 10.0. The van der Waals surface area contributed by atoms with Gasteiger partial charge in [-0.15, -0.1) is 0 Å². The Morgan fingerprint density at radius 1 is 1.14 bits per heavy atom. The molecule has 0 radical (unpaired) electrons. The van der Waals surface area contributed by atoms with E-state index in [1.54, 1.807) is 12.1 Å². The molecule has 0 aliphatic carbocycles. The number of amides is 1. The first kappa shape index (κ1) is 15.3. The molecule has 2 aromatic carbocycles. The summed E-state index contributed by atoms with van der Waals surface area (Å²) in [6.07, 6.45) is 0.500. The number of oxime groups is 1. The standard InChI is InChI=1S/C14H9Cl2FN2O2/c15-12-6-5-11(7-13(12)16)19-14(20)21-18-8-9-1-3-10(17)4-2-9/h1-8H,(H,19,20)/b18-8-. The van der Waals surface area contributed by atoms with Crippen molar-refractivity contribution in [1.29, 1.82) is 0 Å². The summed E-state index contributed by atoms with van der Waals surface area (Å²) in [5, 5.41) is 6.61.